The van der Waals surface area contributed by atoms with Gasteiger partial charge in [-0.05, 0) is 12.1 Å². The minimum absolute atomic E-state index is 0.543. The SMILES string of the molecule is C=C(OC)c1ccc(Cl)cn1. The molecule has 1 aromatic heterocycles. The number of aromatic nitrogens is 1. The molecule has 0 aromatic carbocycles. The Balaban J connectivity index is 2.90. The molecule has 0 bridgehead atoms. The molecule has 11 heavy (non-hydrogen) atoms. The molecule has 0 saturated heterocycles. The molecule has 0 saturated carbocycles. The van der Waals surface area contributed by atoms with Crippen molar-refractivity contribution in [3.05, 3.63) is 35.6 Å². The molecule has 0 atom stereocenters. The second-order valence-electron chi connectivity index (χ2n) is 1.99. The maximum absolute atomic E-state index is 5.63. The third-order valence-electron chi connectivity index (χ3n) is 1.26. The van der Waals surface area contributed by atoms with Gasteiger partial charge in [0.1, 0.15) is 11.5 Å². The molecule has 0 radical (unpaired) electrons. The van der Waals surface area contributed by atoms with Crippen molar-refractivity contribution >= 4 is 17.4 Å². The maximum atomic E-state index is 5.63. The topological polar surface area (TPSA) is 22.1 Å². The Hall–Kier alpha value is -1.02. The van der Waals surface area contributed by atoms with Gasteiger partial charge < -0.3 is 4.74 Å². The van der Waals surface area contributed by atoms with Crippen molar-refractivity contribution in [1.29, 1.82) is 0 Å². The van der Waals surface area contributed by atoms with Crippen molar-refractivity contribution < 1.29 is 4.74 Å². The van der Waals surface area contributed by atoms with Crippen LogP contribution in [0.15, 0.2) is 24.9 Å². The molecule has 3 heteroatoms. The van der Waals surface area contributed by atoms with Crippen LogP contribution in [0.2, 0.25) is 5.02 Å². The number of methoxy groups -OCH3 is 1. The van der Waals surface area contributed by atoms with E-state index in [4.69, 9.17) is 16.3 Å². The van der Waals surface area contributed by atoms with E-state index in [1.807, 2.05) is 0 Å². The van der Waals surface area contributed by atoms with E-state index in [1.165, 1.54) is 0 Å². The lowest BCUT2D eigenvalue weighted by Gasteiger charge is -2.01. The third-order valence-corrected chi connectivity index (χ3v) is 1.48. The van der Waals surface area contributed by atoms with Gasteiger partial charge in [-0.25, -0.2) is 0 Å². The number of nitrogens with zero attached hydrogens (tertiary/aromatic N) is 1. The van der Waals surface area contributed by atoms with Crippen LogP contribution in [0.5, 0.6) is 0 Å². The number of pyridine rings is 1. The second-order valence-corrected chi connectivity index (χ2v) is 2.43. The highest BCUT2D eigenvalue weighted by Gasteiger charge is 1.97. The van der Waals surface area contributed by atoms with Crippen molar-refractivity contribution in [1.82, 2.24) is 4.98 Å². The summed E-state index contributed by atoms with van der Waals surface area (Å²) in [5.74, 6) is 0.543. The van der Waals surface area contributed by atoms with Gasteiger partial charge in [0, 0.05) is 6.20 Å². The Bertz CT molecular complexity index is 255. The summed E-state index contributed by atoms with van der Waals surface area (Å²) < 4.78 is 4.88. The van der Waals surface area contributed by atoms with Crippen molar-refractivity contribution in [2.75, 3.05) is 7.11 Å². The van der Waals surface area contributed by atoms with Gasteiger partial charge in [-0.3, -0.25) is 4.98 Å². The first kappa shape index (κ1) is 8.08. The van der Waals surface area contributed by atoms with Crippen LogP contribution in [-0.4, -0.2) is 12.1 Å². The van der Waals surface area contributed by atoms with E-state index < -0.39 is 0 Å². The van der Waals surface area contributed by atoms with Crippen molar-refractivity contribution in [2.45, 2.75) is 0 Å². The zero-order chi connectivity index (χ0) is 8.27. The van der Waals surface area contributed by atoms with Crippen molar-refractivity contribution in [3.63, 3.8) is 0 Å². The molecule has 2 nitrogen and oxygen atoms in total. The molecule has 1 rings (SSSR count). The Morgan fingerprint density at radius 1 is 1.64 bits per heavy atom. The van der Waals surface area contributed by atoms with Gasteiger partial charge in [0.15, 0.2) is 0 Å². The molecule has 0 aliphatic rings. The molecule has 1 aromatic rings. The molecule has 0 amide bonds. The fraction of sp³-hybridized carbons (Fsp3) is 0.125. The first-order valence-electron chi connectivity index (χ1n) is 3.09. The number of rotatable bonds is 2. The van der Waals surface area contributed by atoms with Crippen molar-refractivity contribution in [2.24, 2.45) is 0 Å². The van der Waals surface area contributed by atoms with Crippen molar-refractivity contribution in [3.8, 4) is 0 Å². The van der Waals surface area contributed by atoms with E-state index in [9.17, 15) is 0 Å². The first-order chi connectivity index (χ1) is 5.24. The van der Waals surface area contributed by atoms with Crippen LogP contribution >= 0.6 is 11.6 Å². The average molecular weight is 170 g/mol. The van der Waals surface area contributed by atoms with Gasteiger partial charge in [-0.15, -0.1) is 0 Å². The maximum Gasteiger partial charge on any atom is 0.137 e. The minimum Gasteiger partial charge on any atom is -0.495 e. The van der Waals surface area contributed by atoms with Gasteiger partial charge in [0.05, 0.1) is 12.1 Å². The Labute approximate surface area is 70.5 Å². The normalized spacial score (nSPS) is 9.27. The van der Waals surface area contributed by atoms with Crippen LogP contribution in [0.25, 0.3) is 5.76 Å². The summed E-state index contributed by atoms with van der Waals surface area (Å²) in [5, 5.41) is 0.609. The Morgan fingerprint density at radius 3 is 2.82 bits per heavy atom. The Kier molecular flexibility index (Phi) is 2.49. The van der Waals surface area contributed by atoms with Gasteiger partial charge >= 0.3 is 0 Å². The number of halogens is 1. The molecule has 1 heterocycles. The highest BCUT2D eigenvalue weighted by Crippen LogP contribution is 2.12. The molecule has 0 fully saturated rings. The lowest BCUT2D eigenvalue weighted by atomic mass is 10.3. The summed E-state index contributed by atoms with van der Waals surface area (Å²) in [4.78, 5) is 3.99. The van der Waals surface area contributed by atoms with Crippen LogP contribution in [0.4, 0.5) is 0 Å². The third kappa shape index (κ3) is 1.95. The predicted octanol–water partition coefficient (Wildman–Crippen LogP) is 2.35. The average Bonchev–Trinajstić information content (AvgIpc) is 2.05. The van der Waals surface area contributed by atoms with E-state index >= 15 is 0 Å². The molecule has 0 aliphatic heterocycles. The summed E-state index contributed by atoms with van der Waals surface area (Å²) in [7, 11) is 1.55. The minimum atomic E-state index is 0.543. The summed E-state index contributed by atoms with van der Waals surface area (Å²) in [6.07, 6.45) is 1.56. The highest BCUT2D eigenvalue weighted by molar-refractivity contribution is 6.30. The molecular formula is C8H8ClNO. The van der Waals surface area contributed by atoms with Gasteiger partial charge in [0.25, 0.3) is 0 Å². The molecule has 0 unspecified atom stereocenters. The van der Waals surface area contributed by atoms with Gasteiger partial charge in [-0.2, -0.15) is 0 Å². The smallest absolute Gasteiger partial charge is 0.137 e. The lowest BCUT2D eigenvalue weighted by Crippen LogP contribution is -1.88. The number of hydrogen-bond acceptors (Lipinski definition) is 2. The van der Waals surface area contributed by atoms with E-state index in [2.05, 4.69) is 11.6 Å². The molecule has 58 valence electrons. The van der Waals surface area contributed by atoms with Crippen LogP contribution in [0, 0.1) is 0 Å². The summed E-state index contributed by atoms with van der Waals surface area (Å²) >= 11 is 5.63. The van der Waals surface area contributed by atoms with E-state index in [0.717, 1.165) is 0 Å². The van der Waals surface area contributed by atoms with Crippen LogP contribution in [-0.2, 0) is 4.74 Å². The monoisotopic (exact) mass is 169 g/mol. The quantitative estimate of drug-likeness (QED) is 0.634. The van der Waals surface area contributed by atoms with E-state index in [0.29, 0.717) is 16.5 Å². The van der Waals surface area contributed by atoms with Crippen LogP contribution in [0.1, 0.15) is 5.69 Å². The van der Waals surface area contributed by atoms with Crippen LogP contribution in [0.3, 0.4) is 0 Å². The van der Waals surface area contributed by atoms with E-state index in [-0.39, 0.29) is 0 Å². The standard InChI is InChI=1S/C8H8ClNO/c1-6(11-2)8-4-3-7(9)5-10-8/h3-5H,1H2,2H3. The zero-order valence-electron chi connectivity index (χ0n) is 6.17. The molecule has 0 aliphatic carbocycles. The number of hydrogen-bond donors (Lipinski definition) is 0. The fourth-order valence-electron chi connectivity index (χ4n) is 0.645. The lowest BCUT2D eigenvalue weighted by molar-refractivity contribution is 0.369. The van der Waals surface area contributed by atoms with E-state index in [1.54, 1.807) is 25.4 Å². The molecule has 0 spiro atoms. The first-order valence-corrected chi connectivity index (χ1v) is 3.46. The van der Waals surface area contributed by atoms with Gasteiger partial charge in [-0.1, -0.05) is 18.2 Å². The van der Waals surface area contributed by atoms with Gasteiger partial charge in [0.2, 0.25) is 0 Å². The second kappa shape index (κ2) is 3.39. The summed E-state index contributed by atoms with van der Waals surface area (Å²) in [5.41, 5.74) is 0.705. The predicted molar refractivity (Wildman–Crippen MR) is 45.3 cm³/mol. The largest absolute Gasteiger partial charge is 0.495 e. The highest BCUT2D eigenvalue weighted by atomic mass is 35.5. The number of ether oxygens (including phenoxy) is 1. The van der Waals surface area contributed by atoms with Crippen LogP contribution < -0.4 is 0 Å². The molecule has 0 N–H and O–H groups in total. The summed E-state index contributed by atoms with van der Waals surface area (Å²) in [6.45, 7) is 3.65. The molecular weight excluding hydrogens is 162 g/mol. The Morgan fingerprint density at radius 2 is 2.36 bits per heavy atom. The summed E-state index contributed by atoms with van der Waals surface area (Å²) in [6, 6.07) is 3.50. The fourth-order valence-corrected chi connectivity index (χ4v) is 0.757. The zero-order valence-corrected chi connectivity index (χ0v) is 6.93.